The molecule has 0 aliphatic heterocycles. The maximum atomic E-state index is 8.86. The van der Waals surface area contributed by atoms with E-state index in [1.807, 2.05) is 26.0 Å². The van der Waals surface area contributed by atoms with E-state index in [9.17, 15) is 0 Å². The Morgan fingerprint density at radius 3 is 2.38 bits per heavy atom. The largest absolute Gasteiger partial charge is 0.258 e. The predicted molar refractivity (Wildman–Crippen MR) is 55.9 cm³/mol. The maximum Gasteiger partial charge on any atom is 0.0810 e. The number of rotatable bonds is 2. The molecule has 0 amide bonds. The van der Waals surface area contributed by atoms with Crippen LogP contribution in [0.15, 0.2) is 12.1 Å². The molecule has 0 radical (unpaired) electrons. The smallest absolute Gasteiger partial charge is 0.0810 e. The first-order chi connectivity index (χ1) is 6.17. The van der Waals surface area contributed by atoms with Crippen molar-refractivity contribution in [2.75, 3.05) is 5.33 Å². The third-order valence-corrected chi connectivity index (χ3v) is 2.46. The summed E-state index contributed by atoms with van der Waals surface area (Å²) < 4.78 is 0. The van der Waals surface area contributed by atoms with Crippen LogP contribution < -0.4 is 0 Å². The predicted octanol–water partition coefficient (Wildman–Crippen LogP) is 2.70. The van der Waals surface area contributed by atoms with Crippen LogP contribution in [0, 0.1) is 25.2 Å². The van der Waals surface area contributed by atoms with Gasteiger partial charge in [-0.1, -0.05) is 15.9 Å². The molecule has 1 unspecified atom stereocenters. The number of alkyl halides is 1. The molecule has 1 rings (SSSR count). The van der Waals surface area contributed by atoms with Gasteiger partial charge < -0.3 is 0 Å². The number of halogens is 1. The molecule has 0 aliphatic rings. The third kappa shape index (κ3) is 2.53. The lowest BCUT2D eigenvalue weighted by Gasteiger charge is -2.07. The van der Waals surface area contributed by atoms with Gasteiger partial charge in [0.2, 0.25) is 0 Å². The maximum absolute atomic E-state index is 8.86. The molecule has 3 heteroatoms. The van der Waals surface area contributed by atoms with Crippen molar-refractivity contribution in [2.24, 2.45) is 0 Å². The molecule has 0 aromatic carbocycles. The summed E-state index contributed by atoms with van der Waals surface area (Å²) in [5.74, 6) is -0.0691. The van der Waals surface area contributed by atoms with Crippen LogP contribution in [0.3, 0.4) is 0 Å². The Bertz CT molecular complexity index is 321. The average Bonchev–Trinajstić information content (AvgIpc) is 2.04. The van der Waals surface area contributed by atoms with Gasteiger partial charge in [-0.15, -0.1) is 0 Å². The molecule has 0 saturated heterocycles. The van der Waals surface area contributed by atoms with Crippen molar-refractivity contribution in [3.8, 4) is 6.07 Å². The molecular formula is C10H11BrN2. The molecular weight excluding hydrogens is 228 g/mol. The fourth-order valence-corrected chi connectivity index (χ4v) is 1.78. The van der Waals surface area contributed by atoms with Gasteiger partial charge in [0.05, 0.1) is 12.0 Å². The molecule has 0 fully saturated rings. The normalized spacial score (nSPS) is 12.2. The van der Waals surface area contributed by atoms with E-state index in [-0.39, 0.29) is 5.92 Å². The summed E-state index contributed by atoms with van der Waals surface area (Å²) in [4.78, 5) is 4.26. The van der Waals surface area contributed by atoms with Gasteiger partial charge in [-0.05, 0) is 31.5 Å². The summed E-state index contributed by atoms with van der Waals surface area (Å²) in [6, 6.07) is 6.17. The van der Waals surface area contributed by atoms with Gasteiger partial charge in [-0.2, -0.15) is 5.26 Å². The van der Waals surface area contributed by atoms with Crippen molar-refractivity contribution in [2.45, 2.75) is 19.8 Å². The molecule has 13 heavy (non-hydrogen) atoms. The summed E-state index contributed by atoms with van der Waals surface area (Å²) in [6.07, 6.45) is 0. The second-order valence-electron chi connectivity index (χ2n) is 3.02. The monoisotopic (exact) mass is 238 g/mol. The molecule has 1 aromatic heterocycles. The Hall–Kier alpha value is -0.880. The Morgan fingerprint density at radius 2 is 2.00 bits per heavy atom. The summed E-state index contributed by atoms with van der Waals surface area (Å²) >= 11 is 3.32. The highest BCUT2D eigenvalue weighted by Gasteiger charge is 2.09. The van der Waals surface area contributed by atoms with Crippen LogP contribution in [0.4, 0.5) is 0 Å². The molecule has 0 aliphatic carbocycles. The van der Waals surface area contributed by atoms with Gasteiger partial charge in [-0.3, -0.25) is 4.98 Å². The topological polar surface area (TPSA) is 36.7 Å². The van der Waals surface area contributed by atoms with E-state index >= 15 is 0 Å². The fraction of sp³-hybridized carbons (Fsp3) is 0.400. The zero-order chi connectivity index (χ0) is 9.84. The minimum absolute atomic E-state index is 0.0691. The van der Waals surface area contributed by atoms with Crippen LogP contribution in [0.2, 0.25) is 0 Å². The first-order valence-corrected chi connectivity index (χ1v) is 5.20. The van der Waals surface area contributed by atoms with Gasteiger partial charge in [-0.25, -0.2) is 0 Å². The Kier molecular flexibility index (Phi) is 3.44. The van der Waals surface area contributed by atoms with Crippen LogP contribution in [0.5, 0.6) is 0 Å². The van der Waals surface area contributed by atoms with Crippen molar-refractivity contribution in [3.05, 3.63) is 29.1 Å². The number of aromatic nitrogens is 1. The lowest BCUT2D eigenvalue weighted by molar-refractivity contribution is 0.973. The van der Waals surface area contributed by atoms with E-state index in [1.165, 1.54) is 0 Å². The number of nitriles is 1. The molecule has 0 saturated carbocycles. The summed E-state index contributed by atoms with van der Waals surface area (Å²) in [7, 11) is 0. The van der Waals surface area contributed by atoms with Crippen molar-refractivity contribution in [1.29, 1.82) is 5.26 Å². The van der Waals surface area contributed by atoms with E-state index in [0.29, 0.717) is 5.33 Å². The molecule has 68 valence electrons. The number of nitrogens with zero attached hydrogens (tertiary/aromatic N) is 2. The van der Waals surface area contributed by atoms with Gasteiger partial charge in [0.15, 0.2) is 0 Å². The van der Waals surface area contributed by atoms with Crippen LogP contribution in [-0.2, 0) is 0 Å². The van der Waals surface area contributed by atoms with Crippen molar-refractivity contribution in [1.82, 2.24) is 4.98 Å². The number of hydrogen-bond donors (Lipinski definition) is 0. The molecule has 0 bridgehead atoms. The van der Waals surface area contributed by atoms with Crippen molar-refractivity contribution in [3.63, 3.8) is 0 Å². The second kappa shape index (κ2) is 4.38. The van der Waals surface area contributed by atoms with Gasteiger partial charge in [0.1, 0.15) is 0 Å². The number of pyridine rings is 1. The fourth-order valence-electron chi connectivity index (χ4n) is 1.27. The molecule has 0 spiro atoms. The number of aryl methyl sites for hydroxylation is 2. The van der Waals surface area contributed by atoms with Crippen LogP contribution in [-0.4, -0.2) is 10.3 Å². The van der Waals surface area contributed by atoms with Crippen LogP contribution >= 0.6 is 15.9 Å². The quantitative estimate of drug-likeness (QED) is 0.744. The Labute approximate surface area is 86.7 Å². The molecule has 1 aromatic rings. The highest BCUT2D eigenvalue weighted by molar-refractivity contribution is 9.09. The van der Waals surface area contributed by atoms with Crippen molar-refractivity contribution >= 4 is 15.9 Å². The Balaban J connectivity index is 3.08. The second-order valence-corrected chi connectivity index (χ2v) is 3.67. The minimum Gasteiger partial charge on any atom is -0.258 e. The Morgan fingerprint density at radius 1 is 1.46 bits per heavy atom. The molecule has 2 nitrogen and oxygen atoms in total. The van der Waals surface area contributed by atoms with Gasteiger partial charge in [0, 0.05) is 16.7 Å². The van der Waals surface area contributed by atoms with Crippen LogP contribution in [0.25, 0.3) is 0 Å². The van der Waals surface area contributed by atoms with E-state index in [0.717, 1.165) is 17.0 Å². The number of hydrogen-bond acceptors (Lipinski definition) is 2. The third-order valence-electron chi connectivity index (χ3n) is 1.82. The van der Waals surface area contributed by atoms with Gasteiger partial charge in [0.25, 0.3) is 0 Å². The highest BCUT2D eigenvalue weighted by atomic mass is 79.9. The highest BCUT2D eigenvalue weighted by Crippen LogP contribution is 2.18. The molecule has 1 atom stereocenters. The van der Waals surface area contributed by atoms with E-state index in [1.54, 1.807) is 0 Å². The van der Waals surface area contributed by atoms with E-state index < -0.39 is 0 Å². The molecule has 0 N–H and O–H groups in total. The first-order valence-electron chi connectivity index (χ1n) is 4.08. The van der Waals surface area contributed by atoms with Crippen LogP contribution in [0.1, 0.15) is 22.9 Å². The SMILES string of the molecule is Cc1cc(C(C#N)CBr)cc(C)n1. The summed E-state index contributed by atoms with van der Waals surface area (Å²) in [6.45, 7) is 3.89. The van der Waals surface area contributed by atoms with E-state index in [4.69, 9.17) is 5.26 Å². The minimum atomic E-state index is -0.0691. The first kappa shape index (κ1) is 10.2. The average molecular weight is 239 g/mol. The van der Waals surface area contributed by atoms with Crippen molar-refractivity contribution < 1.29 is 0 Å². The zero-order valence-electron chi connectivity index (χ0n) is 7.71. The summed E-state index contributed by atoms with van der Waals surface area (Å²) in [5.41, 5.74) is 2.98. The van der Waals surface area contributed by atoms with Gasteiger partial charge >= 0.3 is 0 Å². The lowest BCUT2D eigenvalue weighted by Crippen LogP contribution is -1.99. The zero-order valence-corrected chi connectivity index (χ0v) is 9.30. The van der Waals surface area contributed by atoms with E-state index in [2.05, 4.69) is 27.0 Å². The molecule has 1 heterocycles. The lowest BCUT2D eigenvalue weighted by atomic mass is 10.0. The summed E-state index contributed by atoms with van der Waals surface area (Å²) in [5, 5.41) is 9.53. The standard InChI is InChI=1S/C10H11BrN2/c1-7-3-9(4-8(2)13-7)10(5-11)6-12/h3-4,10H,5H2,1-2H3.